The molecule has 1 aromatic heterocycles. The first-order valence-corrected chi connectivity index (χ1v) is 8.39. The normalized spacial score (nSPS) is 12.0. The smallest absolute Gasteiger partial charge is 0.270 e. The van der Waals surface area contributed by atoms with E-state index in [0.29, 0.717) is 17.3 Å². The molecule has 1 aromatic carbocycles. The van der Waals surface area contributed by atoms with Crippen LogP contribution in [-0.4, -0.2) is 16.9 Å². The first kappa shape index (κ1) is 16.8. The van der Waals surface area contributed by atoms with Crippen molar-refractivity contribution in [1.29, 1.82) is 0 Å². The summed E-state index contributed by atoms with van der Waals surface area (Å²) < 4.78 is 5.68. The minimum absolute atomic E-state index is 0.140. The highest BCUT2D eigenvalue weighted by molar-refractivity contribution is 7.09. The van der Waals surface area contributed by atoms with E-state index < -0.39 is 0 Å². The van der Waals surface area contributed by atoms with Crippen molar-refractivity contribution in [1.82, 2.24) is 10.3 Å². The minimum Gasteiger partial charge on any atom is -0.486 e. The van der Waals surface area contributed by atoms with Crippen molar-refractivity contribution in [3.8, 4) is 5.75 Å². The largest absolute Gasteiger partial charge is 0.486 e. The number of nitrogens with zero attached hydrogens (tertiary/aromatic N) is 1. The Balaban J connectivity index is 1.94. The van der Waals surface area contributed by atoms with E-state index in [-0.39, 0.29) is 11.9 Å². The van der Waals surface area contributed by atoms with Crippen LogP contribution in [-0.2, 0) is 6.61 Å². The molecule has 1 heterocycles. The van der Waals surface area contributed by atoms with Crippen LogP contribution < -0.4 is 10.1 Å². The molecule has 0 aliphatic carbocycles. The van der Waals surface area contributed by atoms with E-state index in [1.807, 2.05) is 32.9 Å². The lowest BCUT2D eigenvalue weighted by atomic mass is 10.2. The molecule has 0 saturated heterocycles. The number of aromatic nitrogens is 1. The van der Waals surface area contributed by atoms with Crippen molar-refractivity contribution in [2.45, 2.75) is 39.8 Å². The summed E-state index contributed by atoms with van der Waals surface area (Å²) in [6, 6.07) is 5.65. The zero-order valence-electron chi connectivity index (χ0n) is 12.9. The van der Waals surface area contributed by atoms with Gasteiger partial charge in [-0.2, -0.15) is 0 Å². The number of aryl methyl sites for hydroxylation is 1. The van der Waals surface area contributed by atoms with Gasteiger partial charge in [0.05, 0.1) is 0 Å². The Kier molecular flexibility index (Phi) is 5.80. The van der Waals surface area contributed by atoms with Gasteiger partial charge in [-0.15, -0.1) is 11.3 Å². The maximum atomic E-state index is 12.0. The van der Waals surface area contributed by atoms with Crippen LogP contribution in [0.1, 0.15) is 41.3 Å². The van der Waals surface area contributed by atoms with Crippen LogP contribution in [0.4, 0.5) is 0 Å². The summed E-state index contributed by atoms with van der Waals surface area (Å²) in [5.74, 6) is 0.599. The number of ether oxygens (including phenoxy) is 1. The average Bonchev–Trinajstić information content (AvgIpc) is 2.97. The van der Waals surface area contributed by atoms with Crippen LogP contribution in [0.5, 0.6) is 5.75 Å². The molecule has 0 fully saturated rings. The number of carbonyl (C=O) groups is 1. The topological polar surface area (TPSA) is 51.2 Å². The maximum Gasteiger partial charge on any atom is 0.270 e. The number of benzene rings is 1. The summed E-state index contributed by atoms with van der Waals surface area (Å²) in [5, 5.41) is 6.13. The number of carbonyl (C=O) groups excluding carboxylic acids is 1. The number of nitrogens with one attached hydrogen (secondary N) is 1. The van der Waals surface area contributed by atoms with E-state index in [9.17, 15) is 4.79 Å². The monoisotopic (exact) mass is 338 g/mol. The molecule has 1 N–H and O–H groups in total. The molecule has 22 heavy (non-hydrogen) atoms. The maximum absolute atomic E-state index is 12.0. The van der Waals surface area contributed by atoms with E-state index in [1.54, 1.807) is 11.4 Å². The fourth-order valence-corrected chi connectivity index (χ4v) is 2.54. The molecule has 2 rings (SSSR count). The van der Waals surface area contributed by atoms with Crippen molar-refractivity contribution < 1.29 is 9.53 Å². The van der Waals surface area contributed by atoms with Crippen LogP contribution in [0.2, 0.25) is 5.02 Å². The molecule has 1 amide bonds. The highest BCUT2D eigenvalue weighted by atomic mass is 35.5. The number of rotatable bonds is 6. The second-order valence-electron chi connectivity index (χ2n) is 5.11. The third-order valence-corrected chi connectivity index (χ3v) is 4.51. The van der Waals surface area contributed by atoms with Crippen molar-refractivity contribution in [2.75, 3.05) is 0 Å². The van der Waals surface area contributed by atoms with Crippen molar-refractivity contribution in [3.63, 3.8) is 0 Å². The van der Waals surface area contributed by atoms with Gasteiger partial charge in [0.15, 0.2) is 0 Å². The number of hydrogen-bond donors (Lipinski definition) is 1. The predicted molar refractivity (Wildman–Crippen MR) is 89.9 cm³/mol. The molecule has 0 saturated carbocycles. The third-order valence-electron chi connectivity index (χ3n) is 3.27. The zero-order chi connectivity index (χ0) is 16.1. The van der Waals surface area contributed by atoms with Gasteiger partial charge in [0, 0.05) is 16.4 Å². The molecule has 0 bridgehead atoms. The van der Waals surface area contributed by atoms with Crippen LogP contribution in [0.3, 0.4) is 0 Å². The van der Waals surface area contributed by atoms with Crippen LogP contribution in [0.15, 0.2) is 23.6 Å². The molecule has 0 aliphatic heterocycles. The van der Waals surface area contributed by atoms with Gasteiger partial charge in [-0.25, -0.2) is 4.98 Å². The molecule has 2 aromatic rings. The molecule has 1 atom stereocenters. The van der Waals surface area contributed by atoms with Crippen LogP contribution in [0, 0.1) is 6.92 Å². The molecule has 4 nitrogen and oxygen atoms in total. The van der Waals surface area contributed by atoms with Crippen molar-refractivity contribution in [3.05, 3.63) is 44.9 Å². The Bertz CT molecular complexity index is 657. The number of halogens is 1. The van der Waals surface area contributed by atoms with Gasteiger partial charge in [-0.3, -0.25) is 4.79 Å². The van der Waals surface area contributed by atoms with Gasteiger partial charge < -0.3 is 10.1 Å². The third kappa shape index (κ3) is 4.45. The van der Waals surface area contributed by atoms with Gasteiger partial charge in [0.25, 0.3) is 5.91 Å². The Labute approximate surface area is 139 Å². The molecule has 6 heteroatoms. The van der Waals surface area contributed by atoms with Crippen molar-refractivity contribution >= 4 is 28.8 Å². The number of amides is 1. The zero-order valence-corrected chi connectivity index (χ0v) is 14.4. The minimum atomic E-state index is -0.140. The van der Waals surface area contributed by atoms with Crippen LogP contribution >= 0.6 is 22.9 Å². The van der Waals surface area contributed by atoms with Gasteiger partial charge in [0.1, 0.15) is 23.1 Å². The predicted octanol–water partition coefficient (Wildman–Crippen LogP) is 4.21. The van der Waals surface area contributed by atoms with Gasteiger partial charge >= 0.3 is 0 Å². The molecular weight excluding hydrogens is 320 g/mol. The Hall–Kier alpha value is -1.59. The second kappa shape index (κ2) is 7.61. The second-order valence-corrected chi connectivity index (χ2v) is 6.46. The molecule has 0 radical (unpaired) electrons. The summed E-state index contributed by atoms with van der Waals surface area (Å²) in [4.78, 5) is 16.3. The molecule has 1 unspecified atom stereocenters. The summed E-state index contributed by atoms with van der Waals surface area (Å²) in [5.41, 5.74) is 1.41. The Morgan fingerprint density at radius 2 is 2.27 bits per heavy atom. The summed E-state index contributed by atoms with van der Waals surface area (Å²) in [6.45, 7) is 6.26. The fraction of sp³-hybridized carbons (Fsp3) is 0.375. The molecule has 118 valence electrons. The highest BCUT2D eigenvalue weighted by Crippen LogP contribution is 2.22. The Morgan fingerprint density at radius 1 is 1.50 bits per heavy atom. The summed E-state index contributed by atoms with van der Waals surface area (Å²) in [7, 11) is 0. The highest BCUT2D eigenvalue weighted by Gasteiger charge is 2.13. The van der Waals surface area contributed by atoms with E-state index >= 15 is 0 Å². The summed E-state index contributed by atoms with van der Waals surface area (Å²) in [6.07, 6.45) is 0.891. The van der Waals surface area contributed by atoms with E-state index in [2.05, 4.69) is 10.3 Å². The number of hydrogen-bond acceptors (Lipinski definition) is 4. The van der Waals surface area contributed by atoms with Gasteiger partial charge in [-0.1, -0.05) is 18.5 Å². The van der Waals surface area contributed by atoms with Gasteiger partial charge in [-0.05, 0) is 44.0 Å². The summed E-state index contributed by atoms with van der Waals surface area (Å²) >= 11 is 7.40. The van der Waals surface area contributed by atoms with Crippen molar-refractivity contribution in [2.24, 2.45) is 0 Å². The van der Waals surface area contributed by atoms with E-state index in [0.717, 1.165) is 22.7 Å². The Morgan fingerprint density at radius 3 is 2.95 bits per heavy atom. The standard InChI is InChI=1S/C16H19ClN2O2S/c1-4-11(3)18-16(20)14-9-22-15(19-14)8-21-12-5-6-13(17)10(2)7-12/h5-7,9,11H,4,8H2,1-3H3,(H,18,20). The van der Waals surface area contributed by atoms with E-state index in [4.69, 9.17) is 16.3 Å². The molecule has 0 aliphatic rings. The lowest BCUT2D eigenvalue weighted by Gasteiger charge is -2.09. The lowest BCUT2D eigenvalue weighted by molar-refractivity contribution is 0.0934. The van der Waals surface area contributed by atoms with E-state index in [1.165, 1.54) is 11.3 Å². The SMILES string of the molecule is CCC(C)NC(=O)c1csc(COc2ccc(Cl)c(C)c2)n1. The van der Waals surface area contributed by atoms with Gasteiger partial charge in [0.2, 0.25) is 0 Å². The number of thiazole rings is 1. The molecule has 0 spiro atoms. The average molecular weight is 339 g/mol. The first-order chi connectivity index (χ1) is 10.5. The quantitative estimate of drug-likeness (QED) is 0.858. The lowest BCUT2D eigenvalue weighted by Crippen LogP contribution is -2.32. The van der Waals surface area contributed by atoms with Crippen LogP contribution in [0.25, 0.3) is 0 Å². The molecular formula is C16H19ClN2O2S. The first-order valence-electron chi connectivity index (χ1n) is 7.13. The fourth-order valence-electron chi connectivity index (χ4n) is 1.73.